The molecule has 1 aliphatic rings. The van der Waals surface area contributed by atoms with Crippen LogP contribution in [0.15, 0.2) is 0 Å². The minimum absolute atomic E-state index is 0.162. The summed E-state index contributed by atoms with van der Waals surface area (Å²) in [5, 5.41) is 19.3. The molecule has 1 rings (SSSR count). The van der Waals surface area contributed by atoms with E-state index in [0.29, 0.717) is 0 Å². The van der Waals surface area contributed by atoms with Crippen LogP contribution < -0.4 is 0 Å². The third-order valence-corrected chi connectivity index (χ3v) is 2.98. The molecule has 64 valence electrons. The summed E-state index contributed by atoms with van der Waals surface area (Å²) in [4.78, 5) is 11.1. The fraction of sp³-hybridized carbons (Fsp3) is 0.875. The maximum absolute atomic E-state index is 11.1. The zero-order chi connectivity index (χ0) is 8.86. The molecule has 3 atom stereocenters. The van der Waals surface area contributed by atoms with E-state index in [2.05, 4.69) is 0 Å². The topological polar surface area (TPSA) is 57.5 Å². The van der Waals surface area contributed by atoms with Crippen molar-refractivity contribution in [2.75, 3.05) is 0 Å². The van der Waals surface area contributed by atoms with E-state index < -0.39 is 11.2 Å². The summed E-state index contributed by atoms with van der Waals surface area (Å²) in [6, 6.07) is 0. The number of hydrogen-bond donors (Lipinski definition) is 2. The highest BCUT2D eigenvalue weighted by atomic mass is 16.4. The van der Waals surface area contributed by atoms with Crippen LogP contribution in [0.5, 0.6) is 0 Å². The van der Waals surface area contributed by atoms with E-state index in [1.807, 2.05) is 0 Å². The summed E-state index contributed by atoms with van der Waals surface area (Å²) in [5.41, 5.74) is -2.84. The second-order valence-electron chi connectivity index (χ2n) is 3.75. The molecule has 0 spiro atoms. The number of hydrogen-bond acceptors (Lipinski definition) is 3. The van der Waals surface area contributed by atoms with Crippen molar-refractivity contribution < 1.29 is 15.0 Å². The second-order valence-corrected chi connectivity index (χ2v) is 3.75. The lowest BCUT2D eigenvalue weighted by Crippen LogP contribution is -2.51. The SMILES string of the molecule is CC1CC(=O)C(C)(O)C1(C)O. The van der Waals surface area contributed by atoms with Crippen molar-refractivity contribution in [1.29, 1.82) is 0 Å². The molecule has 0 aromatic rings. The largest absolute Gasteiger partial charge is 0.386 e. The zero-order valence-corrected chi connectivity index (χ0v) is 7.09. The molecule has 11 heavy (non-hydrogen) atoms. The Balaban J connectivity index is 3.04. The van der Waals surface area contributed by atoms with Crippen LogP contribution in [-0.4, -0.2) is 27.2 Å². The van der Waals surface area contributed by atoms with Gasteiger partial charge in [0.25, 0.3) is 0 Å². The molecule has 1 aliphatic carbocycles. The van der Waals surface area contributed by atoms with Crippen molar-refractivity contribution in [3.63, 3.8) is 0 Å². The van der Waals surface area contributed by atoms with Gasteiger partial charge < -0.3 is 10.2 Å². The molecule has 2 N–H and O–H groups in total. The van der Waals surface area contributed by atoms with Crippen LogP contribution in [0.4, 0.5) is 0 Å². The molecule has 0 radical (unpaired) electrons. The number of carbonyl (C=O) groups is 1. The Kier molecular flexibility index (Phi) is 1.62. The van der Waals surface area contributed by atoms with Gasteiger partial charge in [-0.1, -0.05) is 6.92 Å². The zero-order valence-electron chi connectivity index (χ0n) is 7.09. The van der Waals surface area contributed by atoms with Crippen LogP contribution in [0.1, 0.15) is 27.2 Å². The number of Topliss-reactive ketones (excluding diaryl/α,β-unsaturated/α-hetero) is 1. The Morgan fingerprint density at radius 3 is 2.00 bits per heavy atom. The molecule has 0 aromatic heterocycles. The molecule has 3 nitrogen and oxygen atoms in total. The summed E-state index contributed by atoms with van der Waals surface area (Å²) in [6.07, 6.45) is 0.264. The van der Waals surface area contributed by atoms with E-state index in [4.69, 9.17) is 0 Å². The molecule has 3 heteroatoms. The van der Waals surface area contributed by atoms with E-state index in [9.17, 15) is 15.0 Å². The minimum Gasteiger partial charge on any atom is -0.386 e. The van der Waals surface area contributed by atoms with Gasteiger partial charge in [-0.25, -0.2) is 0 Å². The lowest BCUT2D eigenvalue weighted by molar-refractivity contribution is -0.154. The van der Waals surface area contributed by atoms with Gasteiger partial charge in [-0.15, -0.1) is 0 Å². The van der Waals surface area contributed by atoms with Crippen LogP contribution >= 0.6 is 0 Å². The molecule has 0 amide bonds. The number of aliphatic hydroxyl groups is 2. The first-order chi connectivity index (χ1) is 4.80. The molecule has 3 unspecified atom stereocenters. The minimum atomic E-state index is -1.56. The lowest BCUT2D eigenvalue weighted by atomic mass is 9.84. The molecule has 0 heterocycles. The van der Waals surface area contributed by atoms with E-state index in [1.165, 1.54) is 13.8 Å². The third kappa shape index (κ3) is 0.914. The summed E-state index contributed by atoms with van der Waals surface area (Å²) in [5.74, 6) is -0.431. The molecule has 1 saturated carbocycles. The molecule has 0 aliphatic heterocycles. The van der Waals surface area contributed by atoms with Gasteiger partial charge in [-0.05, 0) is 19.8 Å². The monoisotopic (exact) mass is 158 g/mol. The summed E-state index contributed by atoms with van der Waals surface area (Å²) < 4.78 is 0. The average Bonchev–Trinajstić information content (AvgIpc) is 1.95. The Morgan fingerprint density at radius 1 is 1.45 bits per heavy atom. The van der Waals surface area contributed by atoms with Gasteiger partial charge in [0.2, 0.25) is 0 Å². The maximum Gasteiger partial charge on any atom is 0.167 e. The molecule has 0 aromatic carbocycles. The number of carbonyl (C=O) groups excluding carboxylic acids is 1. The van der Waals surface area contributed by atoms with Crippen LogP contribution in [-0.2, 0) is 4.79 Å². The highest BCUT2D eigenvalue weighted by molar-refractivity contribution is 5.91. The fourth-order valence-electron chi connectivity index (χ4n) is 1.44. The van der Waals surface area contributed by atoms with Gasteiger partial charge in [-0.3, -0.25) is 4.79 Å². The van der Waals surface area contributed by atoms with E-state index in [0.717, 1.165) is 0 Å². The van der Waals surface area contributed by atoms with Crippen LogP contribution in [0.2, 0.25) is 0 Å². The maximum atomic E-state index is 11.1. The smallest absolute Gasteiger partial charge is 0.167 e. The van der Waals surface area contributed by atoms with Crippen molar-refractivity contribution in [2.45, 2.75) is 38.4 Å². The molecule has 0 saturated heterocycles. The van der Waals surface area contributed by atoms with Crippen molar-refractivity contribution >= 4 is 5.78 Å². The quantitative estimate of drug-likeness (QED) is 0.525. The first-order valence-corrected chi connectivity index (χ1v) is 3.78. The Labute approximate surface area is 66.0 Å². The average molecular weight is 158 g/mol. The molecule has 1 fully saturated rings. The van der Waals surface area contributed by atoms with E-state index in [-0.39, 0.29) is 18.1 Å². The summed E-state index contributed by atoms with van der Waals surface area (Å²) in [7, 11) is 0. The fourth-order valence-corrected chi connectivity index (χ4v) is 1.44. The lowest BCUT2D eigenvalue weighted by Gasteiger charge is -2.32. The molecular weight excluding hydrogens is 144 g/mol. The van der Waals surface area contributed by atoms with Gasteiger partial charge in [0, 0.05) is 6.42 Å². The molecular formula is C8H14O3. The van der Waals surface area contributed by atoms with Gasteiger partial charge >= 0.3 is 0 Å². The summed E-state index contributed by atoms with van der Waals surface area (Å²) >= 11 is 0. The normalized spacial score (nSPS) is 51.7. The Morgan fingerprint density at radius 2 is 1.91 bits per heavy atom. The highest BCUT2D eigenvalue weighted by Crippen LogP contribution is 2.40. The van der Waals surface area contributed by atoms with Gasteiger partial charge in [0.1, 0.15) is 11.2 Å². The van der Waals surface area contributed by atoms with Crippen LogP contribution in [0.3, 0.4) is 0 Å². The van der Waals surface area contributed by atoms with Gasteiger partial charge in [-0.2, -0.15) is 0 Å². The highest BCUT2D eigenvalue weighted by Gasteiger charge is 2.56. The van der Waals surface area contributed by atoms with Gasteiger partial charge in [0.15, 0.2) is 5.78 Å². The van der Waals surface area contributed by atoms with E-state index >= 15 is 0 Å². The third-order valence-electron chi connectivity index (χ3n) is 2.98. The second kappa shape index (κ2) is 2.05. The predicted octanol–water partition coefficient (Wildman–Crippen LogP) is 0.0973. The van der Waals surface area contributed by atoms with Crippen LogP contribution in [0.25, 0.3) is 0 Å². The Hall–Kier alpha value is -0.410. The predicted molar refractivity (Wildman–Crippen MR) is 40.0 cm³/mol. The Bertz CT molecular complexity index is 194. The summed E-state index contributed by atoms with van der Waals surface area (Å²) in [6.45, 7) is 4.64. The first-order valence-electron chi connectivity index (χ1n) is 3.78. The number of ketones is 1. The van der Waals surface area contributed by atoms with Crippen molar-refractivity contribution in [1.82, 2.24) is 0 Å². The van der Waals surface area contributed by atoms with Crippen molar-refractivity contribution in [3.8, 4) is 0 Å². The number of rotatable bonds is 0. The van der Waals surface area contributed by atoms with E-state index in [1.54, 1.807) is 6.92 Å². The van der Waals surface area contributed by atoms with Crippen LogP contribution in [0, 0.1) is 5.92 Å². The van der Waals surface area contributed by atoms with Crippen molar-refractivity contribution in [2.24, 2.45) is 5.92 Å². The van der Waals surface area contributed by atoms with Gasteiger partial charge in [0.05, 0.1) is 0 Å². The molecule has 0 bridgehead atoms. The first kappa shape index (κ1) is 8.68. The standard InChI is InChI=1S/C8H14O3/c1-5-4-6(9)8(3,11)7(5,2)10/h5,10-11H,4H2,1-3H3. The van der Waals surface area contributed by atoms with Crippen molar-refractivity contribution in [3.05, 3.63) is 0 Å².